The van der Waals surface area contributed by atoms with Crippen molar-refractivity contribution in [2.24, 2.45) is 17.8 Å². The van der Waals surface area contributed by atoms with E-state index < -0.39 is 0 Å². The monoisotopic (exact) mass is 252 g/mol. The molecule has 1 aliphatic carbocycles. The molecule has 1 heterocycles. The quantitative estimate of drug-likeness (QED) is 0.653. The second kappa shape index (κ2) is 4.97. The molecule has 0 amide bonds. The molecule has 1 saturated heterocycles. The maximum absolute atomic E-state index is 6.21. The smallest absolute Gasteiger partial charge is 0.162 e. The Morgan fingerprint density at radius 1 is 1.22 bits per heavy atom. The minimum absolute atomic E-state index is 0.0434. The van der Waals surface area contributed by atoms with Crippen molar-refractivity contribution in [1.29, 1.82) is 0 Å². The first-order valence-corrected chi connectivity index (χ1v) is 7.29. The zero-order valence-corrected chi connectivity index (χ0v) is 12.7. The third-order valence-corrected chi connectivity index (χ3v) is 4.35. The van der Waals surface area contributed by atoms with E-state index in [9.17, 15) is 0 Å². The fourth-order valence-corrected chi connectivity index (χ4v) is 3.84. The molecule has 0 aromatic rings. The van der Waals surface area contributed by atoms with Gasteiger partial charge in [0.05, 0.1) is 11.7 Å². The zero-order chi connectivity index (χ0) is 13.5. The van der Waals surface area contributed by atoms with Gasteiger partial charge in [0.2, 0.25) is 0 Å². The highest BCUT2D eigenvalue weighted by Crippen LogP contribution is 2.41. The number of allylic oxidation sites excluding steroid dienone is 2. The third-order valence-electron chi connectivity index (χ3n) is 4.35. The largest absolute Gasteiger partial charge is 0.349 e. The van der Waals surface area contributed by atoms with Gasteiger partial charge in [-0.3, -0.25) is 0 Å². The minimum Gasteiger partial charge on any atom is -0.349 e. The summed E-state index contributed by atoms with van der Waals surface area (Å²) in [6.45, 7) is 13.4. The van der Waals surface area contributed by atoms with Crippen LogP contribution in [0, 0.1) is 17.8 Å². The predicted molar refractivity (Wildman–Crippen MR) is 74.3 cm³/mol. The lowest BCUT2D eigenvalue weighted by Gasteiger charge is -2.46. The summed E-state index contributed by atoms with van der Waals surface area (Å²) in [5.41, 5.74) is 1.45. The lowest BCUT2D eigenvalue weighted by molar-refractivity contribution is -0.296. The van der Waals surface area contributed by atoms with E-state index >= 15 is 0 Å². The molecule has 0 bridgehead atoms. The van der Waals surface area contributed by atoms with Gasteiger partial charge >= 0.3 is 0 Å². The van der Waals surface area contributed by atoms with E-state index in [-0.39, 0.29) is 11.9 Å². The molecule has 0 unspecified atom stereocenters. The van der Waals surface area contributed by atoms with Crippen molar-refractivity contribution in [2.45, 2.75) is 72.4 Å². The Balaban J connectivity index is 2.15. The van der Waals surface area contributed by atoms with Gasteiger partial charge in [-0.1, -0.05) is 25.5 Å². The van der Waals surface area contributed by atoms with Crippen LogP contribution in [-0.2, 0) is 9.47 Å². The lowest BCUT2D eigenvalue weighted by Crippen LogP contribution is -2.49. The first-order valence-electron chi connectivity index (χ1n) is 7.29. The van der Waals surface area contributed by atoms with E-state index in [0.717, 1.165) is 6.42 Å². The topological polar surface area (TPSA) is 18.5 Å². The summed E-state index contributed by atoms with van der Waals surface area (Å²) in [6, 6.07) is 0. The van der Waals surface area contributed by atoms with Gasteiger partial charge in [-0.2, -0.15) is 0 Å². The van der Waals surface area contributed by atoms with E-state index in [1.54, 1.807) is 0 Å². The SMILES string of the molecule is CC1=C[C@@H](C)[C@H]([C@@H]2O[C@@H](C)CC(C)(C)O2)[C@H](C)C1. The standard InChI is InChI=1S/C16H28O2/c1-10-7-11(2)14(12(3)8-10)15-17-13(4)9-16(5,6)18-15/h7,11-15H,8-9H2,1-6H3/t11-,12-,13+,14+,15-/m1/s1. The van der Waals surface area contributed by atoms with Crippen molar-refractivity contribution < 1.29 is 9.47 Å². The summed E-state index contributed by atoms with van der Waals surface area (Å²) < 4.78 is 12.3. The fourth-order valence-electron chi connectivity index (χ4n) is 3.84. The number of rotatable bonds is 1. The van der Waals surface area contributed by atoms with Gasteiger partial charge in [0.15, 0.2) is 6.29 Å². The molecule has 0 N–H and O–H groups in total. The van der Waals surface area contributed by atoms with Crippen LogP contribution in [0.4, 0.5) is 0 Å². The minimum atomic E-state index is -0.0576. The maximum atomic E-state index is 6.21. The van der Waals surface area contributed by atoms with Gasteiger partial charge < -0.3 is 9.47 Å². The molecule has 0 radical (unpaired) electrons. The van der Waals surface area contributed by atoms with E-state index in [0.29, 0.717) is 23.9 Å². The number of hydrogen-bond acceptors (Lipinski definition) is 2. The Morgan fingerprint density at radius 2 is 1.89 bits per heavy atom. The van der Waals surface area contributed by atoms with Crippen molar-refractivity contribution in [1.82, 2.24) is 0 Å². The van der Waals surface area contributed by atoms with Crippen LogP contribution >= 0.6 is 0 Å². The van der Waals surface area contributed by atoms with Crippen molar-refractivity contribution in [3.05, 3.63) is 11.6 Å². The van der Waals surface area contributed by atoms with Gasteiger partial charge in [0, 0.05) is 12.3 Å². The Hall–Kier alpha value is -0.340. The second-order valence-electron chi connectivity index (χ2n) is 7.03. The highest BCUT2D eigenvalue weighted by atomic mass is 16.7. The molecule has 0 saturated carbocycles. The van der Waals surface area contributed by atoms with Gasteiger partial charge in [0.1, 0.15) is 0 Å². The molecule has 18 heavy (non-hydrogen) atoms. The summed E-state index contributed by atoms with van der Waals surface area (Å²) in [5.74, 6) is 1.66. The van der Waals surface area contributed by atoms with Crippen molar-refractivity contribution in [3.63, 3.8) is 0 Å². The molecular weight excluding hydrogens is 224 g/mol. The molecule has 2 aliphatic rings. The van der Waals surface area contributed by atoms with Crippen LogP contribution < -0.4 is 0 Å². The normalized spacial score (nSPS) is 44.6. The van der Waals surface area contributed by atoms with Gasteiger partial charge in [-0.15, -0.1) is 0 Å². The van der Waals surface area contributed by atoms with E-state index in [1.165, 1.54) is 12.0 Å². The van der Waals surface area contributed by atoms with Gasteiger partial charge in [-0.05, 0) is 46.0 Å². The summed E-state index contributed by atoms with van der Waals surface area (Å²) in [5, 5.41) is 0. The third kappa shape index (κ3) is 2.97. The molecule has 1 fully saturated rings. The first-order chi connectivity index (χ1) is 8.28. The Kier molecular flexibility index (Phi) is 3.89. The van der Waals surface area contributed by atoms with Crippen LogP contribution in [0.1, 0.15) is 54.4 Å². The molecule has 0 spiro atoms. The molecule has 104 valence electrons. The maximum Gasteiger partial charge on any atom is 0.162 e. The average Bonchev–Trinajstić information content (AvgIpc) is 2.11. The van der Waals surface area contributed by atoms with Gasteiger partial charge in [0.25, 0.3) is 0 Å². The van der Waals surface area contributed by atoms with Crippen molar-refractivity contribution in [2.75, 3.05) is 0 Å². The number of ether oxygens (including phenoxy) is 2. The van der Waals surface area contributed by atoms with Crippen molar-refractivity contribution >= 4 is 0 Å². The van der Waals surface area contributed by atoms with Crippen LogP contribution in [0.15, 0.2) is 11.6 Å². The summed E-state index contributed by atoms with van der Waals surface area (Å²) in [4.78, 5) is 0. The summed E-state index contributed by atoms with van der Waals surface area (Å²) in [6.07, 6.45) is 4.80. The summed E-state index contributed by atoms with van der Waals surface area (Å²) >= 11 is 0. The fraction of sp³-hybridized carbons (Fsp3) is 0.875. The molecule has 0 aromatic carbocycles. The Labute approximate surface area is 112 Å². The van der Waals surface area contributed by atoms with Gasteiger partial charge in [-0.25, -0.2) is 0 Å². The average molecular weight is 252 g/mol. The van der Waals surface area contributed by atoms with Crippen LogP contribution in [0.25, 0.3) is 0 Å². The second-order valence-corrected chi connectivity index (χ2v) is 7.03. The molecule has 0 aromatic heterocycles. The van der Waals surface area contributed by atoms with Crippen LogP contribution in [0.2, 0.25) is 0 Å². The van der Waals surface area contributed by atoms with Crippen LogP contribution in [0.3, 0.4) is 0 Å². The highest BCUT2D eigenvalue weighted by Gasteiger charge is 2.42. The molecular formula is C16H28O2. The lowest BCUT2D eigenvalue weighted by atomic mass is 9.74. The summed E-state index contributed by atoms with van der Waals surface area (Å²) in [7, 11) is 0. The van der Waals surface area contributed by atoms with E-state index in [2.05, 4.69) is 47.6 Å². The van der Waals surface area contributed by atoms with Crippen LogP contribution in [0.5, 0.6) is 0 Å². The van der Waals surface area contributed by atoms with E-state index in [4.69, 9.17) is 9.47 Å². The first kappa shape index (κ1) is 14.1. The molecule has 5 atom stereocenters. The molecule has 2 rings (SSSR count). The highest BCUT2D eigenvalue weighted by molar-refractivity contribution is 5.09. The predicted octanol–water partition coefficient (Wildman–Crippen LogP) is 4.15. The molecule has 2 heteroatoms. The number of hydrogen-bond donors (Lipinski definition) is 0. The van der Waals surface area contributed by atoms with E-state index in [1.807, 2.05) is 0 Å². The van der Waals surface area contributed by atoms with Crippen LogP contribution in [-0.4, -0.2) is 18.0 Å². The van der Waals surface area contributed by atoms with Crippen molar-refractivity contribution in [3.8, 4) is 0 Å². The zero-order valence-electron chi connectivity index (χ0n) is 12.7. The molecule has 2 nitrogen and oxygen atoms in total. The Morgan fingerprint density at radius 3 is 2.44 bits per heavy atom. The Bertz CT molecular complexity index is 332. The molecule has 1 aliphatic heterocycles.